The van der Waals surface area contributed by atoms with Gasteiger partial charge in [-0.05, 0) is 51.4 Å². The molecule has 0 rings (SSSR count). The van der Waals surface area contributed by atoms with E-state index in [9.17, 15) is 19.8 Å². The number of hydrogen-bond donors (Lipinski definition) is 3. The second-order valence-electron chi connectivity index (χ2n) is 18.6. The van der Waals surface area contributed by atoms with Crippen molar-refractivity contribution in [3.05, 3.63) is 36.5 Å². The van der Waals surface area contributed by atoms with Crippen LogP contribution in [0.5, 0.6) is 0 Å². The van der Waals surface area contributed by atoms with Crippen LogP contribution in [0, 0.1) is 0 Å². The first-order valence-corrected chi connectivity index (χ1v) is 27.3. The maximum atomic E-state index is 12.4. The topological polar surface area (TPSA) is 95.9 Å². The van der Waals surface area contributed by atoms with Gasteiger partial charge in [0.1, 0.15) is 0 Å². The van der Waals surface area contributed by atoms with Crippen LogP contribution in [-0.2, 0) is 14.3 Å². The van der Waals surface area contributed by atoms with Crippen molar-refractivity contribution in [3.8, 4) is 0 Å². The first kappa shape index (κ1) is 60.1. The second-order valence-corrected chi connectivity index (χ2v) is 18.6. The average molecular weight is 872 g/mol. The van der Waals surface area contributed by atoms with Crippen LogP contribution in [0.2, 0.25) is 0 Å². The van der Waals surface area contributed by atoms with Gasteiger partial charge in [0.05, 0.1) is 25.4 Å². The number of rotatable bonds is 50. The monoisotopic (exact) mass is 872 g/mol. The Morgan fingerprint density at radius 3 is 1.26 bits per heavy atom. The van der Waals surface area contributed by atoms with Gasteiger partial charge in [-0.1, -0.05) is 256 Å². The zero-order valence-corrected chi connectivity index (χ0v) is 41.4. The molecule has 0 heterocycles. The molecule has 2 unspecified atom stereocenters. The molecule has 0 aromatic carbocycles. The van der Waals surface area contributed by atoms with E-state index < -0.39 is 12.1 Å². The van der Waals surface area contributed by atoms with Crippen molar-refractivity contribution in [3.63, 3.8) is 0 Å². The Labute approximate surface area is 385 Å². The van der Waals surface area contributed by atoms with Crippen LogP contribution in [0.15, 0.2) is 36.5 Å². The van der Waals surface area contributed by atoms with Crippen LogP contribution in [0.25, 0.3) is 0 Å². The molecule has 62 heavy (non-hydrogen) atoms. The molecule has 0 aliphatic carbocycles. The number of aliphatic hydroxyl groups excluding tert-OH is 2. The molecule has 0 radical (unpaired) electrons. The first-order valence-electron chi connectivity index (χ1n) is 27.3. The number of nitrogens with one attached hydrogen (secondary N) is 1. The fourth-order valence-electron chi connectivity index (χ4n) is 8.21. The Morgan fingerprint density at radius 2 is 0.823 bits per heavy atom. The summed E-state index contributed by atoms with van der Waals surface area (Å²) in [6.45, 7) is 4.84. The third-order valence-corrected chi connectivity index (χ3v) is 12.4. The summed E-state index contributed by atoms with van der Waals surface area (Å²) in [5, 5.41) is 23.0. The van der Waals surface area contributed by atoms with Crippen molar-refractivity contribution in [2.45, 2.75) is 296 Å². The Bertz CT molecular complexity index is 1010. The maximum absolute atomic E-state index is 12.4. The number of esters is 1. The fourth-order valence-corrected chi connectivity index (χ4v) is 8.21. The molecule has 0 bridgehead atoms. The van der Waals surface area contributed by atoms with E-state index in [0.29, 0.717) is 25.9 Å². The van der Waals surface area contributed by atoms with Gasteiger partial charge in [0.15, 0.2) is 0 Å². The maximum Gasteiger partial charge on any atom is 0.305 e. The lowest BCUT2D eigenvalue weighted by molar-refractivity contribution is -0.143. The molecule has 364 valence electrons. The van der Waals surface area contributed by atoms with Crippen LogP contribution < -0.4 is 5.32 Å². The molecule has 0 aromatic rings. The standard InChI is InChI=1S/C56H105NO5/c1-3-5-7-9-11-13-15-17-19-20-22-26-30-34-38-42-46-50-56(61)62-51-47-43-39-35-31-27-23-25-29-33-37-41-45-49-55(60)57-53(52-58)54(59)48-44-40-36-32-28-24-21-18-16-14-12-10-8-6-4-2/h25,29,37,41,44,48,53-54,58-59H,3-24,26-28,30-36,38-40,42-43,45-47,49-52H2,1-2H3,(H,57,60)/b29-25-,41-37-,48-44+. The van der Waals surface area contributed by atoms with E-state index in [1.54, 1.807) is 6.08 Å². The summed E-state index contributed by atoms with van der Waals surface area (Å²) in [6.07, 6.45) is 63.1. The van der Waals surface area contributed by atoms with Crippen LogP contribution in [0.3, 0.4) is 0 Å². The van der Waals surface area contributed by atoms with Crippen LogP contribution in [0.1, 0.15) is 284 Å². The molecular formula is C56H105NO5. The summed E-state index contributed by atoms with van der Waals surface area (Å²) in [6, 6.07) is -0.671. The molecule has 0 aliphatic heterocycles. The summed E-state index contributed by atoms with van der Waals surface area (Å²) in [4.78, 5) is 24.5. The SMILES string of the molecule is CCCCCCCCCCCCCCC/C=C/C(O)C(CO)NC(=O)CC/C=C\C/C=C\CCCCCCCCOC(=O)CCCCCCCCCCCCCCCCCCC. The first-order chi connectivity index (χ1) is 30.5. The molecule has 0 saturated carbocycles. The number of carbonyl (C=O) groups excluding carboxylic acids is 2. The molecule has 3 N–H and O–H groups in total. The lowest BCUT2D eigenvalue weighted by Crippen LogP contribution is -2.45. The van der Waals surface area contributed by atoms with Crippen molar-refractivity contribution in [2.24, 2.45) is 0 Å². The smallest absolute Gasteiger partial charge is 0.305 e. The van der Waals surface area contributed by atoms with Gasteiger partial charge in [0.2, 0.25) is 5.91 Å². The second kappa shape index (κ2) is 51.7. The van der Waals surface area contributed by atoms with Gasteiger partial charge < -0.3 is 20.3 Å². The number of aliphatic hydroxyl groups is 2. The summed E-state index contributed by atoms with van der Waals surface area (Å²) >= 11 is 0. The number of unbranched alkanes of at least 4 members (excludes halogenated alkanes) is 35. The lowest BCUT2D eigenvalue weighted by atomic mass is 10.0. The van der Waals surface area contributed by atoms with Gasteiger partial charge in [0.25, 0.3) is 0 Å². The van der Waals surface area contributed by atoms with Crippen molar-refractivity contribution < 1.29 is 24.5 Å². The van der Waals surface area contributed by atoms with Crippen molar-refractivity contribution in [1.82, 2.24) is 5.32 Å². The number of amides is 1. The zero-order valence-electron chi connectivity index (χ0n) is 41.4. The minimum absolute atomic E-state index is 0.0149. The summed E-state index contributed by atoms with van der Waals surface area (Å²) in [7, 11) is 0. The van der Waals surface area contributed by atoms with E-state index in [2.05, 4.69) is 37.4 Å². The van der Waals surface area contributed by atoms with Gasteiger partial charge in [-0.3, -0.25) is 9.59 Å². The number of allylic oxidation sites excluding steroid dienone is 5. The van der Waals surface area contributed by atoms with E-state index >= 15 is 0 Å². The zero-order chi connectivity index (χ0) is 45.1. The minimum Gasteiger partial charge on any atom is -0.466 e. The summed E-state index contributed by atoms with van der Waals surface area (Å²) in [5.41, 5.74) is 0. The number of ether oxygens (including phenoxy) is 1. The Morgan fingerprint density at radius 1 is 0.452 bits per heavy atom. The highest BCUT2D eigenvalue weighted by molar-refractivity contribution is 5.76. The van der Waals surface area contributed by atoms with Gasteiger partial charge in [-0.2, -0.15) is 0 Å². The highest BCUT2D eigenvalue weighted by Crippen LogP contribution is 2.16. The predicted octanol–water partition coefficient (Wildman–Crippen LogP) is 16.5. The normalized spacial score (nSPS) is 12.9. The van der Waals surface area contributed by atoms with Crippen LogP contribution in [-0.4, -0.2) is 47.4 Å². The molecule has 0 spiro atoms. The van der Waals surface area contributed by atoms with E-state index in [-0.39, 0.29) is 18.5 Å². The molecule has 0 aromatic heterocycles. The van der Waals surface area contributed by atoms with Gasteiger partial charge in [-0.25, -0.2) is 0 Å². The Kier molecular flexibility index (Phi) is 50.1. The van der Waals surface area contributed by atoms with Crippen LogP contribution in [0.4, 0.5) is 0 Å². The predicted molar refractivity (Wildman–Crippen MR) is 269 cm³/mol. The van der Waals surface area contributed by atoms with Gasteiger partial charge in [-0.15, -0.1) is 0 Å². The highest BCUT2D eigenvalue weighted by Gasteiger charge is 2.17. The highest BCUT2D eigenvalue weighted by atomic mass is 16.5. The third kappa shape index (κ3) is 47.6. The van der Waals surface area contributed by atoms with Gasteiger partial charge >= 0.3 is 5.97 Å². The van der Waals surface area contributed by atoms with Crippen LogP contribution >= 0.6 is 0 Å². The molecule has 1 amide bonds. The Hall–Kier alpha value is -1.92. The molecule has 2 atom stereocenters. The lowest BCUT2D eigenvalue weighted by Gasteiger charge is -2.19. The van der Waals surface area contributed by atoms with E-state index in [4.69, 9.17) is 4.74 Å². The summed E-state index contributed by atoms with van der Waals surface area (Å²) in [5.74, 6) is -0.163. The van der Waals surface area contributed by atoms with E-state index in [1.165, 1.54) is 199 Å². The minimum atomic E-state index is -0.879. The molecule has 6 heteroatoms. The molecule has 0 aliphatic rings. The molecule has 6 nitrogen and oxygen atoms in total. The van der Waals surface area contributed by atoms with Crippen molar-refractivity contribution in [1.29, 1.82) is 0 Å². The average Bonchev–Trinajstić information content (AvgIpc) is 3.27. The Balaban J connectivity index is 3.55. The number of carbonyl (C=O) groups is 2. The molecular weight excluding hydrogens is 767 g/mol. The fraction of sp³-hybridized carbons (Fsp3) is 0.857. The van der Waals surface area contributed by atoms with Crippen molar-refractivity contribution >= 4 is 11.9 Å². The van der Waals surface area contributed by atoms with E-state index in [1.807, 2.05) is 12.2 Å². The van der Waals surface area contributed by atoms with Crippen molar-refractivity contribution in [2.75, 3.05) is 13.2 Å². The summed E-state index contributed by atoms with van der Waals surface area (Å²) < 4.78 is 5.46. The largest absolute Gasteiger partial charge is 0.466 e. The quantitative estimate of drug-likeness (QED) is 0.0321. The third-order valence-electron chi connectivity index (χ3n) is 12.4. The molecule has 0 fully saturated rings. The number of hydrogen-bond acceptors (Lipinski definition) is 5. The van der Waals surface area contributed by atoms with Gasteiger partial charge in [0, 0.05) is 12.8 Å². The van der Waals surface area contributed by atoms with E-state index in [0.717, 1.165) is 51.4 Å². The molecule has 0 saturated heterocycles.